The molecule has 2 aromatic carbocycles. The largest absolute Gasteiger partial charge is 0.481 e. The number of anilines is 1. The minimum atomic E-state index is -1.47. The van der Waals surface area contributed by atoms with Crippen molar-refractivity contribution >= 4 is 56.4 Å². The summed E-state index contributed by atoms with van der Waals surface area (Å²) in [6.07, 6.45) is 5.92. The molecule has 0 bridgehead atoms. The predicted molar refractivity (Wildman–Crippen MR) is 184 cm³/mol. The Labute approximate surface area is 289 Å². The number of Topliss-reactive ketones (excluding diaryl/α,β-unsaturated/α-hetero) is 1. The SMILES string of the molecule is COCC1CCCCN1C(OC1CCC(C(=O)O)CC1)(C(=O)Cc1cc(Cl)c(NC(=O)c2csc3ccccc23)cc1F)N1CCCC1. The van der Waals surface area contributed by atoms with Crippen LogP contribution in [0.5, 0.6) is 0 Å². The Kier molecular flexibility index (Phi) is 11.1. The number of nitrogens with one attached hydrogen (secondary N) is 1. The molecule has 3 fully saturated rings. The van der Waals surface area contributed by atoms with E-state index in [9.17, 15) is 19.5 Å². The molecule has 12 heteroatoms. The third-order valence-electron chi connectivity index (χ3n) is 10.1. The number of carbonyl (C=O) groups is 3. The zero-order valence-electron chi connectivity index (χ0n) is 27.2. The average Bonchev–Trinajstić information content (AvgIpc) is 3.78. The van der Waals surface area contributed by atoms with Crippen LogP contribution in [0.3, 0.4) is 0 Å². The maximum Gasteiger partial charge on any atom is 0.306 e. The molecule has 1 aliphatic carbocycles. The molecule has 258 valence electrons. The van der Waals surface area contributed by atoms with Crippen LogP contribution in [-0.2, 0) is 25.5 Å². The van der Waals surface area contributed by atoms with Crippen molar-refractivity contribution in [3.63, 3.8) is 0 Å². The number of hydrogen-bond acceptors (Lipinski definition) is 8. The van der Waals surface area contributed by atoms with Gasteiger partial charge in [0.05, 0.1) is 34.9 Å². The van der Waals surface area contributed by atoms with Gasteiger partial charge in [-0.25, -0.2) is 4.39 Å². The van der Waals surface area contributed by atoms with Crippen LogP contribution in [0.15, 0.2) is 41.8 Å². The molecule has 2 atom stereocenters. The number of ketones is 1. The van der Waals surface area contributed by atoms with Crippen LogP contribution in [0.1, 0.15) is 73.7 Å². The number of halogens is 2. The molecule has 2 saturated heterocycles. The van der Waals surface area contributed by atoms with Gasteiger partial charge in [-0.1, -0.05) is 36.2 Å². The zero-order chi connectivity index (χ0) is 33.8. The molecule has 6 rings (SSSR count). The van der Waals surface area contributed by atoms with Crippen LogP contribution in [0.25, 0.3) is 10.1 Å². The van der Waals surface area contributed by atoms with Gasteiger partial charge >= 0.3 is 5.97 Å². The fourth-order valence-electron chi connectivity index (χ4n) is 7.62. The van der Waals surface area contributed by atoms with E-state index in [1.807, 2.05) is 24.3 Å². The number of carboxylic acid groups (broad SMARTS) is 1. The maximum absolute atomic E-state index is 15.9. The first-order chi connectivity index (χ1) is 23.2. The molecule has 9 nitrogen and oxygen atoms in total. The number of amides is 1. The fraction of sp³-hybridized carbons (Fsp3) is 0.528. The topological polar surface area (TPSA) is 108 Å². The van der Waals surface area contributed by atoms with E-state index in [4.69, 9.17) is 21.1 Å². The summed E-state index contributed by atoms with van der Waals surface area (Å²) >= 11 is 8.10. The number of fused-ring (bicyclic) bond motifs is 1. The molecule has 1 amide bonds. The van der Waals surface area contributed by atoms with Gasteiger partial charge in [0, 0.05) is 54.7 Å². The van der Waals surface area contributed by atoms with Gasteiger partial charge in [-0.2, -0.15) is 0 Å². The van der Waals surface area contributed by atoms with Crippen LogP contribution in [0.4, 0.5) is 10.1 Å². The molecule has 3 aliphatic rings. The van der Waals surface area contributed by atoms with Gasteiger partial charge in [0.25, 0.3) is 5.91 Å². The van der Waals surface area contributed by atoms with E-state index in [1.54, 1.807) is 12.5 Å². The summed E-state index contributed by atoms with van der Waals surface area (Å²) in [7, 11) is 1.65. The molecular formula is C36H43ClFN3O6S. The number of nitrogens with zero attached hydrogens (tertiary/aromatic N) is 2. The van der Waals surface area contributed by atoms with Crippen molar-refractivity contribution in [3.05, 3.63) is 63.7 Å². The number of benzene rings is 2. The number of aliphatic carboxylic acids is 1. The first kappa shape index (κ1) is 34.9. The minimum absolute atomic E-state index is 0.0807. The smallest absolute Gasteiger partial charge is 0.306 e. The van der Waals surface area contributed by atoms with Crippen molar-refractivity contribution < 1.29 is 33.4 Å². The Hall–Kier alpha value is -2.93. The molecule has 2 aliphatic heterocycles. The molecule has 1 aromatic heterocycles. The fourth-order valence-corrected chi connectivity index (χ4v) is 8.80. The maximum atomic E-state index is 15.9. The third kappa shape index (κ3) is 7.18. The van der Waals surface area contributed by atoms with Crippen LogP contribution in [-0.4, -0.2) is 83.9 Å². The highest BCUT2D eigenvalue weighted by molar-refractivity contribution is 7.17. The van der Waals surface area contributed by atoms with Crippen LogP contribution in [0, 0.1) is 11.7 Å². The number of carboxylic acids is 1. The second kappa shape index (κ2) is 15.3. The molecule has 3 aromatic rings. The number of methoxy groups -OCH3 is 1. The summed E-state index contributed by atoms with van der Waals surface area (Å²) in [6.45, 7) is 2.34. The first-order valence-corrected chi connectivity index (χ1v) is 18.2. The Morgan fingerprint density at radius 1 is 1.04 bits per heavy atom. The number of rotatable bonds is 12. The van der Waals surface area contributed by atoms with E-state index in [0.29, 0.717) is 57.5 Å². The summed E-state index contributed by atoms with van der Waals surface area (Å²) in [5.74, 6) is -4.03. The summed E-state index contributed by atoms with van der Waals surface area (Å²) in [5.41, 5.74) is 0.716. The second-order valence-electron chi connectivity index (χ2n) is 13.2. The number of hydrogen-bond donors (Lipinski definition) is 2. The lowest BCUT2D eigenvalue weighted by atomic mass is 9.87. The van der Waals surface area contributed by atoms with Crippen molar-refractivity contribution in [2.45, 2.75) is 82.2 Å². The Balaban J connectivity index is 1.30. The molecule has 48 heavy (non-hydrogen) atoms. The van der Waals surface area contributed by atoms with Crippen LogP contribution < -0.4 is 5.32 Å². The van der Waals surface area contributed by atoms with Gasteiger partial charge in [0.2, 0.25) is 5.85 Å². The highest BCUT2D eigenvalue weighted by Crippen LogP contribution is 2.39. The third-order valence-corrected chi connectivity index (χ3v) is 11.4. The summed E-state index contributed by atoms with van der Waals surface area (Å²) in [5, 5.41) is 15.0. The lowest BCUT2D eigenvalue weighted by Crippen LogP contribution is -2.71. The summed E-state index contributed by atoms with van der Waals surface area (Å²) < 4.78 is 29.5. The summed E-state index contributed by atoms with van der Waals surface area (Å²) in [6, 6.07) is 10.1. The normalized spacial score (nSPS) is 23.6. The minimum Gasteiger partial charge on any atom is -0.481 e. The molecule has 2 unspecified atom stereocenters. The number of carbonyl (C=O) groups excluding carboxylic acids is 2. The van der Waals surface area contributed by atoms with Crippen molar-refractivity contribution in [1.29, 1.82) is 0 Å². The van der Waals surface area contributed by atoms with E-state index in [-0.39, 0.29) is 40.6 Å². The predicted octanol–water partition coefficient (Wildman–Crippen LogP) is 6.97. The van der Waals surface area contributed by atoms with Crippen molar-refractivity contribution in [2.75, 3.05) is 38.7 Å². The van der Waals surface area contributed by atoms with Gasteiger partial charge in [-0.15, -0.1) is 11.3 Å². The standard InChI is InChI=1S/C36H43ClFN3O6S/c1-46-21-25-8-4-5-17-41(25)36(40-15-6-7-16-40,47-26-13-11-23(12-14-26)35(44)45)33(42)19-24-18-29(37)31(20-30(24)38)39-34(43)28-22-48-32-10-3-2-9-27(28)32/h2-3,9-10,18,20,22-23,25-26H,4-8,11-17,19,21H2,1H3,(H,39,43)(H,44,45). The Bertz CT molecular complexity index is 1640. The van der Waals surface area contributed by atoms with E-state index < -0.39 is 29.5 Å². The molecule has 3 heterocycles. The lowest BCUT2D eigenvalue weighted by molar-refractivity contribution is -0.270. The van der Waals surface area contributed by atoms with E-state index in [2.05, 4.69) is 15.1 Å². The molecular weight excluding hydrogens is 657 g/mol. The van der Waals surface area contributed by atoms with E-state index in [1.165, 1.54) is 23.5 Å². The Morgan fingerprint density at radius 2 is 1.77 bits per heavy atom. The second-order valence-corrected chi connectivity index (χ2v) is 14.5. The number of piperidine rings is 1. The van der Waals surface area contributed by atoms with Gasteiger partial charge in [0.1, 0.15) is 5.82 Å². The van der Waals surface area contributed by atoms with Crippen molar-refractivity contribution in [3.8, 4) is 0 Å². The summed E-state index contributed by atoms with van der Waals surface area (Å²) in [4.78, 5) is 44.0. The lowest BCUT2D eigenvalue weighted by Gasteiger charge is -2.53. The first-order valence-electron chi connectivity index (χ1n) is 16.9. The highest BCUT2D eigenvalue weighted by Gasteiger charge is 2.55. The zero-order valence-corrected chi connectivity index (χ0v) is 28.8. The van der Waals surface area contributed by atoms with Crippen molar-refractivity contribution in [2.24, 2.45) is 5.92 Å². The molecule has 0 radical (unpaired) electrons. The number of ether oxygens (including phenoxy) is 2. The molecule has 0 spiro atoms. The number of likely N-dealkylation sites (tertiary alicyclic amines) is 2. The molecule has 2 N–H and O–H groups in total. The highest BCUT2D eigenvalue weighted by atomic mass is 35.5. The van der Waals surface area contributed by atoms with Gasteiger partial charge in [0.15, 0.2) is 5.78 Å². The number of thiophene rings is 1. The van der Waals surface area contributed by atoms with Crippen molar-refractivity contribution in [1.82, 2.24) is 9.80 Å². The Morgan fingerprint density at radius 3 is 2.50 bits per heavy atom. The van der Waals surface area contributed by atoms with E-state index in [0.717, 1.165) is 42.2 Å². The van der Waals surface area contributed by atoms with E-state index >= 15 is 4.39 Å². The van der Waals surface area contributed by atoms with Crippen LogP contribution >= 0.6 is 22.9 Å². The average molecular weight is 700 g/mol. The molecule has 1 saturated carbocycles. The monoisotopic (exact) mass is 699 g/mol. The quantitative estimate of drug-likeness (QED) is 0.209. The van der Waals surface area contributed by atoms with Gasteiger partial charge in [-0.05, 0) is 75.1 Å². The van der Waals surface area contributed by atoms with Crippen LogP contribution in [0.2, 0.25) is 5.02 Å². The van der Waals surface area contributed by atoms with Gasteiger partial charge in [-0.3, -0.25) is 24.2 Å². The van der Waals surface area contributed by atoms with Gasteiger partial charge < -0.3 is 19.9 Å².